The third kappa shape index (κ3) is 3.79. The zero-order valence-corrected chi connectivity index (χ0v) is 12.3. The largest absolute Gasteiger partial charge is 0.299 e. The molecule has 19 heavy (non-hydrogen) atoms. The average Bonchev–Trinajstić information content (AvgIpc) is 2.32. The zero-order valence-electron chi connectivity index (χ0n) is 11.5. The van der Waals surface area contributed by atoms with Crippen LogP contribution >= 0.6 is 11.6 Å². The molecule has 0 saturated heterocycles. The SMILES string of the molecule is CC1(C)CCC(C(=O)Cc2ccc(F)cc2Cl)CC1. The highest BCUT2D eigenvalue weighted by Crippen LogP contribution is 2.38. The number of carbonyl (C=O) groups excluding carboxylic acids is 1. The lowest BCUT2D eigenvalue weighted by Gasteiger charge is -2.33. The van der Waals surface area contributed by atoms with Crippen LogP contribution in [0, 0.1) is 17.2 Å². The van der Waals surface area contributed by atoms with Crippen molar-refractivity contribution in [3.05, 3.63) is 34.6 Å². The molecule has 1 aliphatic rings. The summed E-state index contributed by atoms with van der Waals surface area (Å²) in [6.07, 6.45) is 4.45. The molecule has 104 valence electrons. The van der Waals surface area contributed by atoms with E-state index in [4.69, 9.17) is 11.6 Å². The minimum atomic E-state index is -0.361. The van der Waals surface area contributed by atoms with Gasteiger partial charge in [-0.15, -0.1) is 0 Å². The Hall–Kier alpha value is -0.890. The molecule has 0 bridgehead atoms. The van der Waals surface area contributed by atoms with E-state index in [1.807, 2.05) is 0 Å². The van der Waals surface area contributed by atoms with Crippen molar-refractivity contribution in [2.75, 3.05) is 0 Å². The number of Topliss-reactive ketones (excluding diaryl/α,β-unsaturated/α-hetero) is 1. The standard InChI is InChI=1S/C16H20ClFO/c1-16(2)7-5-11(6-8-16)15(19)9-12-3-4-13(18)10-14(12)17/h3-4,10-11H,5-9H2,1-2H3. The predicted molar refractivity (Wildman–Crippen MR) is 75.9 cm³/mol. The molecule has 0 aliphatic heterocycles. The van der Waals surface area contributed by atoms with Crippen LogP contribution in [0.15, 0.2) is 18.2 Å². The second kappa shape index (κ2) is 5.62. The van der Waals surface area contributed by atoms with E-state index in [2.05, 4.69) is 13.8 Å². The van der Waals surface area contributed by atoms with Crippen molar-refractivity contribution < 1.29 is 9.18 Å². The number of carbonyl (C=O) groups is 1. The van der Waals surface area contributed by atoms with Gasteiger partial charge in [0.2, 0.25) is 0 Å². The molecular formula is C16H20ClFO. The molecule has 2 rings (SSSR count). The Labute approximate surface area is 119 Å². The first-order valence-electron chi connectivity index (χ1n) is 6.84. The number of benzene rings is 1. The minimum absolute atomic E-state index is 0.147. The second-order valence-corrected chi connectivity index (χ2v) is 6.72. The Kier molecular flexibility index (Phi) is 4.29. The molecule has 1 aliphatic carbocycles. The molecular weight excluding hydrogens is 263 g/mol. The Morgan fingerprint density at radius 2 is 2.00 bits per heavy atom. The van der Waals surface area contributed by atoms with E-state index in [1.165, 1.54) is 12.1 Å². The predicted octanol–water partition coefficient (Wildman–Crippen LogP) is 4.81. The second-order valence-electron chi connectivity index (χ2n) is 6.32. The van der Waals surface area contributed by atoms with E-state index in [0.717, 1.165) is 31.2 Å². The van der Waals surface area contributed by atoms with Crippen molar-refractivity contribution in [3.63, 3.8) is 0 Å². The molecule has 1 aromatic carbocycles. The van der Waals surface area contributed by atoms with Gasteiger partial charge in [0.1, 0.15) is 11.6 Å². The molecule has 1 saturated carbocycles. The van der Waals surface area contributed by atoms with Gasteiger partial charge in [0, 0.05) is 17.4 Å². The highest BCUT2D eigenvalue weighted by Gasteiger charge is 2.30. The maximum Gasteiger partial charge on any atom is 0.140 e. The first-order chi connectivity index (χ1) is 8.87. The van der Waals surface area contributed by atoms with Gasteiger partial charge in [0.05, 0.1) is 0 Å². The van der Waals surface area contributed by atoms with Crippen LogP contribution in [0.2, 0.25) is 5.02 Å². The summed E-state index contributed by atoms with van der Waals surface area (Å²) in [5.41, 5.74) is 1.10. The summed E-state index contributed by atoms with van der Waals surface area (Å²) in [4.78, 5) is 12.3. The Morgan fingerprint density at radius 3 is 2.58 bits per heavy atom. The summed E-state index contributed by atoms with van der Waals surface area (Å²) in [6, 6.07) is 4.24. The lowest BCUT2D eigenvalue weighted by molar-refractivity contribution is -0.123. The number of halogens is 2. The lowest BCUT2D eigenvalue weighted by Crippen LogP contribution is -2.27. The highest BCUT2D eigenvalue weighted by molar-refractivity contribution is 6.31. The smallest absolute Gasteiger partial charge is 0.140 e. The lowest BCUT2D eigenvalue weighted by atomic mass is 9.71. The van der Waals surface area contributed by atoms with Crippen LogP contribution < -0.4 is 0 Å². The van der Waals surface area contributed by atoms with Gasteiger partial charge >= 0.3 is 0 Å². The van der Waals surface area contributed by atoms with Gasteiger partial charge < -0.3 is 0 Å². The third-order valence-electron chi connectivity index (χ3n) is 4.17. The molecule has 1 nitrogen and oxygen atoms in total. The quantitative estimate of drug-likeness (QED) is 0.778. The van der Waals surface area contributed by atoms with Crippen LogP contribution in [0.4, 0.5) is 4.39 Å². The highest BCUT2D eigenvalue weighted by atomic mass is 35.5. The molecule has 0 radical (unpaired) electrons. The summed E-state index contributed by atoms with van der Waals surface area (Å²) < 4.78 is 13.0. The first kappa shape index (κ1) is 14.5. The van der Waals surface area contributed by atoms with Gasteiger partial charge in [-0.25, -0.2) is 4.39 Å². The summed E-state index contributed by atoms with van der Waals surface area (Å²) in [6.45, 7) is 4.51. The Bertz CT molecular complexity index is 472. The number of rotatable bonds is 3. The van der Waals surface area contributed by atoms with Crippen molar-refractivity contribution in [1.82, 2.24) is 0 Å². The van der Waals surface area contributed by atoms with Crippen LogP contribution in [0.3, 0.4) is 0 Å². The van der Waals surface area contributed by atoms with Crippen molar-refractivity contribution in [2.45, 2.75) is 46.0 Å². The van der Waals surface area contributed by atoms with Crippen LogP contribution in [0.1, 0.15) is 45.1 Å². The minimum Gasteiger partial charge on any atom is -0.299 e. The van der Waals surface area contributed by atoms with Gasteiger partial charge in [-0.1, -0.05) is 31.5 Å². The van der Waals surface area contributed by atoms with Crippen LogP contribution in [-0.4, -0.2) is 5.78 Å². The first-order valence-corrected chi connectivity index (χ1v) is 7.22. The van der Waals surface area contributed by atoms with Gasteiger partial charge in [-0.2, -0.15) is 0 Å². The van der Waals surface area contributed by atoms with Crippen molar-refractivity contribution in [3.8, 4) is 0 Å². The van der Waals surface area contributed by atoms with Crippen molar-refractivity contribution in [1.29, 1.82) is 0 Å². The molecule has 0 spiro atoms. The van der Waals surface area contributed by atoms with Gasteiger partial charge in [0.15, 0.2) is 0 Å². The monoisotopic (exact) mass is 282 g/mol. The topological polar surface area (TPSA) is 17.1 Å². The fourth-order valence-electron chi connectivity index (χ4n) is 2.72. The zero-order chi connectivity index (χ0) is 14.0. The summed E-state index contributed by atoms with van der Waals surface area (Å²) >= 11 is 5.97. The number of hydrogen-bond donors (Lipinski definition) is 0. The molecule has 1 fully saturated rings. The van der Waals surface area contributed by atoms with Gasteiger partial charge in [0.25, 0.3) is 0 Å². The molecule has 3 heteroatoms. The summed E-state index contributed by atoms with van der Waals surface area (Å²) in [7, 11) is 0. The van der Waals surface area contributed by atoms with Crippen molar-refractivity contribution >= 4 is 17.4 Å². The average molecular weight is 283 g/mol. The molecule has 0 atom stereocenters. The van der Waals surface area contributed by atoms with E-state index in [-0.39, 0.29) is 17.5 Å². The fourth-order valence-corrected chi connectivity index (χ4v) is 2.95. The normalized spacial score (nSPS) is 19.4. The van der Waals surface area contributed by atoms with Crippen LogP contribution in [-0.2, 0) is 11.2 Å². The summed E-state index contributed by atoms with van der Waals surface area (Å²) in [5.74, 6) is 0.0266. The fraction of sp³-hybridized carbons (Fsp3) is 0.562. The summed E-state index contributed by atoms with van der Waals surface area (Å²) in [5, 5.41) is 0.351. The number of ketones is 1. The molecule has 0 N–H and O–H groups in total. The van der Waals surface area contributed by atoms with E-state index < -0.39 is 0 Å². The molecule has 0 amide bonds. The van der Waals surface area contributed by atoms with Crippen LogP contribution in [0.25, 0.3) is 0 Å². The van der Waals surface area contributed by atoms with Crippen molar-refractivity contribution in [2.24, 2.45) is 11.3 Å². The maximum absolute atomic E-state index is 13.0. The molecule has 1 aromatic rings. The van der Waals surface area contributed by atoms with E-state index in [0.29, 0.717) is 16.9 Å². The third-order valence-corrected chi connectivity index (χ3v) is 4.53. The van der Waals surface area contributed by atoms with Gasteiger partial charge in [-0.3, -0.25) is 4.79 Å². The van der Waals surface area contributed by atoms with E-state index in [1.54, 1.807) is 6.07 Å². The van der Waals surface area contributed by atoms with Gasteiger partial charge in [-0.05, 0) is 48.8 Å². The molecule has 0 unspecified atom stereocenters. The Balaban J connectivity index is 1.98. The Morgan fingerprint density at radius 1 is 1.37 bits per heavy atom. The molecule has 0 aromatic heterocycles. The van der Waals surface area contributed by atoms with Crippen LogP contribution in [0.5, 0.6) is 0 Å². The molecule has 0 heterocycles. The maximum atomic E-state index is 13.0. The number of hydrogen-bond acceptors (Lipinski definition) is 1. The van der Waals surface area contributed by atoms with E-state index in [9.17, 15) is 9.18 Å². The van der Waals surface area contributed by atoms with E-state index >= 15 is 0 Å².